The molecule has 0 aliphatic carbocycles. The van der Waals surface area contributed by atoms with E-state index >= 15 is 0 Å². The van der Waals surface area contributed by atoms with Crippen molar-refractivity contribution in [1.29, 1.82) is 0 Å². The summed E-state index contributed by atoms with van der Waals surface area (Å²) in [6.07, 6.45) is -1.26. The number of hydrogen-bond donors (Lipinski definition) is 1. The second-order valence-electron chi connectivity index (χ2n) is 5.98. The van der Waals surface area contributed by atoms with Crippen LogP contribution in [0.1, 0.15) is 17.3 Å². The van der Waals surface area contributed by atoms with Crippen LogP contribution in [-0.2, 0) is 19.1 Å². The predicted molar refractivity (Wildman–Crippen MR) is 98.7 cm³/mol. The van der Waals surface area contributed by atoms with E-state index in [4.69, 9.17) is 16.3 Å². The first-order valence-electron chi connectivity index (χ1n) is 8.18. The molecule has 0 aromatic heterocycles. The highest BCUT2D eigenvalue weighted by atomic mass is 35.5. The molecule has 144 valence electrons. The maximum atomic E-state index is 13.7. The lowest BCUT2D eigenvalue weighted by molar-refractivity contribution is -0.152. The summed E-state index contributed by atoms with van der Waals surface area (Å²) in [5.74, 6) is -3.96. The third-order valence-corrected chi connectivity index (χ3v) is 4.27. The van der Waals surface area contributed by atoms with E-state index < -0.39 is 42.0 Å². The van der Waals surface area contributed by atoms with Gasteiger partial charge < -0.3 is 10.1 Å². The van der Waals surface area contributed by atoms with Crippen LogP contribution in [0.5, 0.6) is 0 Å². The summed E-state index contributed by atoms with van der Waals surface area (Å²) in [6, 6.07) is 9.94. The van der Waals surface area contributed by atoms with Gasteiger partial charge in [-0.3, -0.25) is 24.1 Å². The number of carbonyl (C=O) groups excluding carboxylic acids is 4. The Labute approximate surface area is 164 Å². The van der Waals surface area contributed by atoms with E-state index in [0.717, 1.165) is 11.0 Å². The summed E-state index contributed by atoms with van der Waals surface area (Å²) >= 11 is 5.65. The number of Topliss-reactive ketones (excluding diaryl/α,β-unsaturated/α-hetero) is 1. The maximum Gasteiger partial charge on any atom is 0.326 e. The highest BCUT2D eigenvalue weighted by Crippen LogP contribution is 2.28. The number of rotatable bonds is 5. The van der Waals surface area contributed by atoms with E-state index in [2.05, 4.69) is 5.32 Å². The van der Waals surface area contributed by atoms with Gasteiger partial charge in [0.25, 0.3) is 17.6 Å². The molecule has 7 nitrogen and oxygen atoms in total. The first-order chi connectivity index (χ1) is 13.3. The molecule has 1 atom stereocenters. The number of anilines is 2. The van der Waals surface area contributed by atoms with E-state index in [1.54, 1.807) is 12.1 Å². The zero-order valence-electron chi connectivity index (χ0n) is 14.6. The van der Waals surface area contributed by atoms with Crippen molar-refractivity contribution in [2.45, 2.75) is 13.0 Å². The van der Waals surface area contributed by atoms with E-state index in [1.807, 2.05) is 0 Å². The summed E-state index contributed by atoms with van der Waals surface area (Å²) in [6.45, 7) is 0.764. The smallest absolute Gasteiger partial charge is 0.326 e. The lowest BCUT2D eigenvalue weighted by Gasteiger charge is -2.18. The maximum absolute atomic E-state index is 13.7. The standard InChI is InChI=1S/C19H14ClFN2O5/c1-10(18(26)22-14-7-6-11(20)8-13(14)21)28-16(24)9-23-15-5-3-2-4-12(15)17(25)19(23)27/h2-8,10H,9H2,1H3,(H,22,26)/t10-/m1/s1. The Morgan fingerprint density at radius 2 is 1.93 bits per heavy atom. The number of carbonyl (C=O) groups is 4. The number of esters is 1. The zero-order valence-corrected chi connectivity index (χ0v) is 15.3. The molecule has 0 unspecified atom stereocenters. The number of para-hydroxylation sites is 1. The largest absolute Gasteiger partial charge is 0.451 e. The minimum Gasteiger partial charge on any atom is -0.451 e. The average Bonchev–Trinajstić information content (AvgIpc) is 2.89. The van der Waals surface area contributed by atoms with Gasteiger partial charge in [-0.25, -0.2) is 4.39 Å². The van der Waals surface area contributed by atoms with Crippen molar-refractivity contribution in [3.8, 4) is 0 Å². The molecule has 0 saturated carbocycles. The second kappa shape index (κ2) is 7.77. The van der Waals surface area contributed by atoms with Crippen LogP contribution in [0, 0.1) is 5.82 Å². The van der Waals surface area contributed by atoms with Crippen molar-refractivity contribution in [3.05, 3.63) is 58.9 Å². The molecule has 2 amide bonds. The van der Waals surface area contributed by atoms with Crippen molar-refractivity contribution in [2.24, 2.45) is 0 Å². The predicted octanol–water partition coefficient (Wildman–Crippen LogP) is 2.58. The molecule has 1 aliphatic rings. The summed E-state index contributed by atoms with van der Waals surface area (Å²) < 4.78 is 18.7. The van der Waals surface area contributed by atoms with Crippen LogP contribution in [-0.4, -0.2) is 36.2 Å². The van der Waals surface area contributed by atoms with Gasteiger partial charge in [0.15, 0.2) is 6.10 Å². The first-order valence-corrected chi connectivity index (χ1v) is 8.56. The van der Waals surface area contributed by atoms with Crippen LogP contribution in [0.25, 0.3) is 0 Å². The number of ketones is 1. The highest BCUT2D eigenvalue weighted by molar-refractivity contribution is 6.52. The van der Waals surface area contributed by atoms with Gasteiger partial charge in [-0.2, -0.15) is 0 Å². The van der Waals surface area contributed by atoms with E-state index in [-0.39, 0.29) is 16.3 Å². The van der Waals surface area contributed by atoms with Crippen LogP contribution in [0.15, 0.2) is 42.5 Å². The van der Waals surface area contributed by atoms with Crippen LogP contribution in [0.4, 0.5) is 15.8 Å². The van der Waals surface area contributed by atoms with Crippen LogP contribution >= 0.6 is 11.6 Å². The van der Waals surface area contributed by atoms with Gasteiger partial charge in [0.1, 0.15) is 12.4 Å². The fourth-order valence-corrected chi connectivity index (χ4v) is 2.81. The number of amides is 2. The Balaban J connectivity index is 1.62. The van der Waals surface area contributed by atoms with E-state index in [9.17, 15) is 23.6 Å². The third-order valence-electron chi connectivity index (χ3n) is 4.03. The molecule has 0 radical (unpaired) electrons. The van der Waals surface area contributed by atoms with Gasteiger partial charge in [0, 0.05) is 5.02 Å². The number of hydrogen-bond acceptors (Lipinski definition) is 5. The minimum atomic E-state index is -1.26. The Bertz CT molecular complexity index is 994. The summed E-state index contributed by atoms with van der Waals surface area (Å²) in [5.41, 5.74) is 0.380. The number of nitrogens with zero attached hydrogens (tertiary/aromatic N) is 1. The molecule has 0 saturated heterocycles. The molecule has 0 bridgehead atoms. The number of benzene rings is 2. The molecule has 9 heteroatoms. The molecule has 1 aliphatic heterocycles. The number of halogens is 2. The average molecular weight is 405 g/mol. The van der Waals surface area contributed by atoms with Crippen molar-refractivity contribution in [2.75, 3.05) is 16.8 Å². The first kappa shape index (κ1) is 19.5. The van der Waals surface area contributed by atoms with Crippen LogP contribution < -0.4 is 10.2 Å². The van der Waals surface area contributed by atoms with E-state index in [1.165, 1.54) is 31.2 Å². The topological polar surface area (TPSA) is 92.8 Å². The highest BCUT2D eigenvalue weighted by Gasteiger charge is 2.37. The molecule has 28 heavy (non-hydrogen) atoms. The monoisotopic (exact) mass is 404 g/mol. The Kier molecular flexibility index (Phi) is 5.41. The Hall–Kier alpha value is -3.26. The van der Waals surface area contributed by atoms with Crippen molar-refractivity contribution in [3.63, 3.8) is 0 Å². The van der Waals surface area contributed by atoms with Crippen LogP contribution in [0.2, 0.25) is 5.02 Å². The molecule has 1 N–H and O–H groups in total. The van der Waals surface area contributed by atoms with Crippen LogP contribution in [0.3, 0.4) is 0 Å². The zero-order chi connectivity index (χ0) is 20.4. The molecule has 2 aromatic rings. The number of nitrogens with one attached hydrogen (secondary N) is 1. The summed E-state index contributed by atoms with van der Waals surface area (Å²) in [4.78, 5) is 49.2. The number of ether oxygens (including phenoxy) is 1. The van der Waals surface area contributed by atoms with Crippen molar-refractivity contribution < 1.29 is 28.3 Å². The fourth-order valence-electron chi connectivity index (χ4n) is 2.65. The van der Waals surface area contributed by atoms with Gasteiger partial charge in [0.05, 0.1) is 16.9 Å². The van der Waals surface area contributed by atoms with E-state index in [0.29, 0.717) is 5.69 Å². The molecule has 3 rings (SSSR count). The molecule has 0 spiro atoms. The molecule has 1 heterocycles. The normalized spacial score (nSPS) is 13.9. The lowest BCUT2D eigenvalue weighted by atomic mass is 10.1. The van der Waals surface area contributed by atoms with Gasteiger partial charge in [0.2, 0.25) is 0 Å². The fraction of sp³-hybridized carbons (Fsp3) is 0.158. The van der Waals surface area contributed by atoms with Gasteiger partial charge in [-0.1, -0.05) is 23.7 Å². The Morgan fingerprint density at radius 1 is 1.21 bits per heavy atom. The summed E-state index contributed by atoms with van der Waals surface area (Å²) in [7, 11) is 0. The third kappa shape index (κ3) is 3.86. The SMILES string of the molecule is C[C@@H](OC(=O)CN1C(=O)C(=O)c2ccccc21)C(=O)Nc1ccc(Cl)cc1F. The van der Waals surface area contributed by atoms with Gasteiger partial charge >= 0.3 is 5.97 Å². The molecular weight excluding hydrogens is 391 g/mol. The Morgan fingerprint density at radius 3 is 2.64 bits per heavy atom. The molecule has 2 aromatic carbocycles. The molecule has 0 fully saturated rings. The van der Waals surface area contributed by atoms with Gasteiger partial charge in [-0.05, 0) is 37.3 Å². The summed E-state index contributed by atoms with van der Waals surface area (Å²) in [5, 5.41) is 2.45. The van der Waals surface area contributed by atoms with Crippen molar-refractivity contribution >= 4 is 46.5 Å². The quantitative estimate of drug-likeness (QED) is 0.610. The number of fused-ring (bicyclic) bond motifs is 1. The molecular formula is C19H14ClFN2O5. The minimum absolute atomic E-state index is 0.119. The second-order valence-corrected chi connectivity index (χ2v) is 6.42. The van der Waals surface area contributed by atoms with Gasteiger partial charge in [-0.15, -0.1) is 0 Å². The van der Waals surface area contributed by atoms with Crippen molar-refractivity contribution in [1.82, 2.24) is 0 Å². The lowest BCUT2D eigenvalue weighted by Crippen LogP contribution is -2.38.